The van der Waals surface area contributed by atoms with Crippen LogP contribution in [-0.4, -0.2) is 18.5 Å². The Kier molecular flexibility index (Phi) is 4.92. The average Bonchev–Trinajstić information content (AvgIpc) is 2.86. The number of esters is 1. The molecule has 6 heteroatoms. The van der Waals surface area contributed by atoms with Gasteiger partial charge in [-0.25, -0.2) is 4.79 Å². The van der Waals surface area contributed by atoms with Crippen molar-refractivity contribution < 1.29 is 14.3 Å². The maximum atomic E-state index is 11.9. The van der Waals surface area contributed by atoms with Gasteiger partial charge in [0.2, 0.25) is 0 Å². The predicted octanol–water partition coefficient (Wildman–Crippen LogP) is 3.94. The van der Waals surface area contributed by atoms with Gasteiger partial charge in [-0.2, -0.15) is 0 Å². The van der Waals surface area contributed by atoms with Crippen molar-refractivity contribution in [2.75, 3.05) is 11.9 Å². The lowest BCUT2D eigenvalue weighted by Gasteiger charge is -2.05. The van der Waals surface area contributed by atoms with Crippen molar-refractivity contribution >= 4 is 44.8 Å². The maximum absolute atomic E-state index is 11.9. The van der Waals surface area contributed by atoms with Crippen LogP contribution in [0.25, 0.3) is 0 Å². The summed E-state index contributed by atoms with van der Waals surface area (Å²) in [4.78, 5) is 23.4. The lowest BCUT2D eigenvalue weighted by molar-refractivity contribution is 0.0526. The first-order valence-corrected chi connectivity index (χ1v) is 7.60. The highest BCUT2D eigenvalue weighted by atomic mass is 79.9. The third-order valence-corrected chi connectivity index (χ3v) is 3.99. The van der Waals surface area contributed by atoms with Gasteiger partial charge in [0.25, 0.3) is 5.91 Å². The molecule has 2 rings (SSSR count). The van der Waals surface area contributed by atoms with E-state index in [1.807, 2.05) is 0 Å². The molecule has 0 aliphatic heterocycles. The van der Waals surface area contributed by atoms with Gasteiger partial charge in [-0.15, -0.1) is 11.3 Å². The topological polar surface area (TPSA) is 55.4 Å². The van der Waals surface area contributed by atoms with Crippen molar-refractivity contribution in [2.24, 2.45) is 0 Å². The summed E-state index contributed by atoms with van der Waals surface area (Å²) in [6.45, 7) is 2.09. The van der Waals surface area contributed by atoms with Gasteiger partial charge in [0.1, 0.15) is 0 Å². The Hall–Kier alpha value is -1.66. The van der Waals surface area contributed by atoms with Crippen molar-refractivity contribution in [1.29, 1.82) is 0 Å². The molecular weight excluding hydrogens is 342 g/mol. The number of carbonyl (C=O) groups is 2. The molecule has 0 aliphatic carbocycles. The highest BCUT2D eigenvalue weighted by Crippen LogP contribution is 2.21. The molecule has 1 aromatic heterocycles. The Morgan fingerprint density at radius 2 is 1.95 bits per heavy atom. The van der Waals surface area contributed by atoms with E-state index < -0.39 is 0 Å². The van der Waals surface area contributed by atoms with E-state index >= 15 is 0 Å². The zero-order valence-electron chi connectivity index (χ0n) is 10.7. The van der Waals surface area contributed by atoms with Crippen LogP contribution in [-0.2, 0) is 4.74 Å². The van der Waals surface area contributed by atoms with E-state index in [0.717, 1.165) is 3.79 Å². The first-order valence-electron chi connectivity index (χ1n) is 5.92. The van der Waals surface area contributed by atoms with Crippen LogP contribution in [0.5, 0.6) is 0 Å². The number of amides is 1. The molecule has 0 radical (unpaired) electrons. The second kappa shape index (κ2) is 6.67. The smallest absolute Gasteiger partial charge is 0.338 e. The van der Waals surface area contributed by atoms with Crippen molar-refractivity contribution in [2.45, 2.75) is 6.92 Å². The Balaban J connectivity index is 2.04. The van der Waals surface area contributed by atoms with Crippen LogP contribution >= 0.6 is 27.3 Å². The lowest BCUT2D eigenvalue weighted by Crippen LogP contribution is -2.11. The fourth-order valence-electron chi connectivity index (χ4n) is 1.54. The van der Waals surface area contributed by atoms with Gasteiger partial charge < -0.3 is 10.1 Å². The summed E-state index contributed by atoms with van der Waals surface area (Å²) in [5.41, 5.74) is 1.69. The number of benzene rings is 1. The summed E-state index contributed by atoms with van der Waals surface area (Å²) in [5, 5.41) is 4.53. The van der Waals surface area contributed by atoms with E-state index in [-0.39, 0.29) is 11.9 Å². The van der Waals surface area contributed by atoms with Crippen LogP contribution in [0.15, 0.2) is 39.5 Å². The molecule has 2 aromatic rings. The highest BCUT2D eigenvalue weighted by Gasteiger charge is 2.09. The molecule has 0 saturated carbocycles. The number of hydrogen-bond donors (Lipinski definition) is 1. The van der Waals surface area contributed by atoms with Crippen molar-refractivity contribution in [1.82, 2.24) is 0 Å². The van der Waals surface area contributed by atoms with Crippen LogP contribution in [0.1, 0.15) is 27.6 Å². The minimum absolute atomic E-state index is 0.184. The van der Waals surface area contributed by atoms with E-state index in [2.05, 4.69) is 21.2 Å². The zero-order valence-corrected chi connectivity index (χ0v) is 13.1. The molecule has 1 amide bonds. The molecule has 1 N–H and O–H groups in total. The molecule has 1 aromatic carbocycles. The van der Waals surface area contributed by atoms with E-state index in [1.54, 1.807) is 42.6 Å². The van der Waals surface area contributed by atoms with Crippen LogP contribution in [0.2, 0.25) is 0 Å². The lowest BCUT2D eigenvalue weighted by atomic mass is 10.2. The van der Waals surface area contributed by atoms with E-state index in [1.165, 1.54) is 11.3 Å². The fourth-order valence-corrected chi connectivity index (χ4v) is 2.67. The molecule has 0 spiro atoms. The Labute approximate surface area is 128 Å². The maximum Gasteiger partial charge on any atom is 0.338 e. The Morgan fingerprint density at radius 3 is 2.50 bits per heavy atom. The van der Waals surface area contributed by atoms with Crippen LogP contribution < -0.4 is 5.32 Å². The van der Waals surface area contributed by atoms with E-state index in [9.17, 15) is 9.59 Å². The first kappa shape index (κ1) is 14.7. The fraction of sp³-hybridized carbons (Fsp3) is 0.143. The molecule has 104 valence electrons. The van der Waals surface area contributed by atoms with Gasteiger partial charge in [-0.1, -0.05) is 0 Å². The molecule has 4 nitrogen and oxygen atoms in total. The van der Waals surface area contributed by atoms with Crippen molar-refractivity contribution in [3.05, 3.63) is 50.6 Å². The third-order valence-electron chi connectivity index (χ3n) is 2.48. The van der Waals surface area contributed by atoms with Crippen molar-refractivity contribution in [3.8, 4) is 0 Å². The summed E-state index contributed by atoms with van der Waals surface area (Å²) in [7, 11) is 0. The molecule has 20 heavy (non-hydrogen) atoms. The summed E-state index contributed by atoms with van der Waals surface area (Å²) < 4.78 is 5.79. The molecular formula is C14H12BrNO3S. The number of halogens is 1. The quantitative estimate of drug-likeness (QED) is 0.847. The normalized spacial score (nSPS) is 10.1. The zero-order chi connectivity index (χ0) is 14.5. The molecule has 0 aliphatic rings. The number of ether oxygens (including phenoxy) is 1. The largest absolute Gasteiger partial charge is 0.462 e. The Morgan fingerprint density at radius 1 is 1.25 bits per heavy atom. The standard InChI is InChI=1S/C14H12BrNO3S/c1-2-19-14(18)9-3-5-11(6-4-9)16-13(17)10-7-12(15)20-8-10/h3-8H,2H2,1H3,(H,16,17). The molecule has 0 atom stereocenters. The Bertz CT molecular complexity index is 622. The van der Waals surface area contributed by atoms with Gasteiger partial charge in [0.05, 0.1) is 21.5 Å². The van der Waals surface area contributed by atoms with Crippen LogP contribution in [0.3, 0.4) is 0 Å². The van der Waals surface area contributed by atoms with Crippen LogP contribution in [0, 0.1) is 0 Å². The second-order valence-electron chi connectivity index (χ2n) is 3.89. The molecule has 0 fully saturated rings. The molecule has 0 saturated heterocycles. The minimum Gasteiger partial charge on any atom is -0.462 e. The van der Waals surface area contributed by atoms with Crippen molar-refractivity contribution in [3.63, 3.8) is 0 Å². The number of hydrogen-bond acceptors (Lipinski definition) is 4. The van der Waals surface area contributed by atoms with Gasteiger partial charge in [-0.3, -0.25) is 4.79 Å². The van der Waals surface area contributed by atoms with Gasteiger partial charge in [0.15, 0.2) is 0 Å². The number of rotatable bonds is 4. The molecule has 1 heterocycles. The summed E-state index contributed by atoms with van der Waals surface area (Å²) in [6.07, 6.45) is 0. The summed E-state index contributed by atoms with van der Waals surface area (Å²) in [6, 6.07) is 8.35. The third kappa shape index (κ3) is 3.68. The SMILES string of the molecule is CCOC(=O)c1ccc(NC(=O)c2csc(Br)c2)cc1. The monoisotopic (exact) mass is 353 g/mol. The summed E-state index contributed by atoms with van der Waals surface area (Å²) in [5.74, 6) is -0.553. The second-order valence-corrected chi connectivity index (χ2v) is 6.18. The van der Waals surface area contributed by atoms with Gasteiger partial charge in [0, 0.05) is 11.1 Å². The van der Waals surface area contributed by atoms with E-state index in [4.69, 9.17) is 4.74 Å². The highest BCUT2D eigenvalue weighted by molar-refractivity contribution is 9.11. The van der Waals surface area contributed by atoms with E-state index in [0.29, 0.717) is 23.4 Å². The van der Waals surface area contributed by atoms with Gasteiger partial charge in [-0.05, 0) is 53.2 Å². The average molecular weight is 354 g/mol. The predicted molar refractivity (Wildman–Crippen MR) is 82.4 cm³/mol. The molecule has 0 bridgehead atoms. The molecule has 0 unspecified atom stereocenters. The number of anilines is 1. The minimum atomic E-state index is -0.368. The summed E-state index contributed by atoms with van der Waals surface area (Å²) >= 11 is 4.76. The van der Waals surface area contributed by atoms with Crippen LogP contribution in [0.4, 0.5) is 5.69 Å². The number of carbonyl (C=O) groups excluding carboxylic acids is 2. The first-order chi connectivity index (χ1) is 9.60. The van der Waals surface area contributed by atoms with Gasteiger partial charge >= 0.3 is 5.97 Å². The number of thiophene rings is 1. The number of nitrogens with one attached hydrogen (secondary N) is 1.